The molecule has 2 N–H and O–H groups in total. The smallest absolute Gasteiger partial charge is 0.290 e. The maximum absolute atomic E-state index is 13.2. The fourth-order valence-electron chi connectivity index (χ4n) is 1.22. The van der Waals surface area contributed by atoms with Crippen molar-refractivity contribution < 1.29 is 19.1 Å². The largest absolute Gasteiger partial charge is 0.483 e. The predicted molar refractivity (Wildman–Crippen MR) is 78.4 cm³/mol. The van der Waals surface area contributed by atoms with Crippen LogP contribution in [0.5, 0.6) is 0 Å². The Balaban J connectivity index is 0. The molecular formula is C15H24FNO3. The van der Waals surface area contributed by atoms with E-state index in [0.29, 0.717) is 6.54 Å². The molecule has 20 heavy (non-hydrogen) atoms. The van der Waals surface area contributed by atoms with E-state index in [1.807, 2.05) is 6.92 Å². The number of halogens is 1. The van der Waals surface area contributed by atoms with Gasteiger partial charge < -0.3 is 10.4 Å². The Bertz CT molecular complexity index is 395. The van der Waals surface area contributed by atoms with Gasteiger partial charge in [-0.3, -0.25) is 9.59 Å². The van der Waals surface area contributed by atoms with E-state index in [4.69, 9.17) is 9.90 Å². The average molecular weight is 285 g/mol. The van der Waals surface area contributed by atoms with Gasteiger partial charge in [-0.15, -0.1) is 0 Å². The number of benzene rings is 1. The second-order valence-corrected chi connectivity index (χ2v) is 3.84. The Kier molecular flexibility index (Phi) is 13.8. The van der Waals surface area contributed by atoms with Crippen LogP contribution in [0.25, 0.3) is 0 Å². The third-order valence-corrected chi connectivity index (χ3v) is 2.02. The topological polar surface area (TPSA) is 66.4 Å². The lowest BCUT2D eigenvalue weighted by atomic mass is 10.1. The molecule has 0 fully saturated rings. The molecule has 0 aliphatic heterocycles. The molecular weight excluding hydrogens is 261 g/mol. The van der Waals surface area contributed by atoms with Gasteiger partial charge in [0.1, 0.15) is 5.82 Å². The highest BCUT2D eigenvalue weighted by molar-refractivity contribution is 5.94. The van der Waals surface area contributed by atoms with Gasteiger partial charge in [-0.05, 0) is 31.0 Å². The summed E-state index contributed by atoms with van der Waals surface area (Å²) in [5.41, 5.74) is 1.10. The van der Waals surface area contributed by atoms with Crippen molar-refractivity contribution in [3.8, 4) is 0 Å². The maximum Gasteiger partial charge on any atom is 0.290 e. The summed E-state index contributed by atoms with van der Waals surface area (Å²) in [6.07, 6.45) is 2.05. The van der Waals surface area contributed by atoms with E-state index >= 15 is 0 Å². The lowest BCUT2D eigenvalue weighted by Crippen LogP contribution is -2.23. The number of amides is 1. The van der Waals surface area contributed by atoms with Gasteiger partial charge in [-0.2, -0.15) is 0 Å². The van der Waals surface area contributed by atoms with Crippen LogP contribution in [0.15, 0.2) is 18.2 Å². The zero-order valence-electron chi connectivity index (χ0n) is 12.6. The number of carbonyl (C=O) groups is 2. The number of hydrogen-bond acceptors (Lipinski definition) is 2. The second kappa shape index (κ2) is 13.5. The summed E-state index contributed by atoms with van der Waals surface area (Å²) in [6.45, 7) is 8.28. The van der Waals surface area contributed by atoms with E-state index < -0.39 is 5.82 Å². The molecule has 0 aliphatic carbocycles. The zero-order chi connectivity index (χ0) is 16.0. The van der Waals surface area contributed by atoms with Crippen molar-refractivity contribution in [2.45, 2.75) is 40.5 Å². The van der Waals surface area contributed by atoms with Crippen LogP contribution >= 0.6 is 0 Å². The van der Waals surface area contributed by atoms with Gasteiger partial charge in [0.15, 0.2) is 0 Å². The number of aryl methyl sites for hydroxylation is 1. The molecule has 0 spiro atoms. The van der Waals surface area contributed by atoms with Crippen LogP contribution in [0.4, 0.5) is 4.39 Å². The van der Waals surface area contributed by atoms with Crippen molar-refractivity contribution >= 4 is 12.4 Å². The Morgan fingerprint density at radius 2 is 1.80 bits per heavy atom. The minimum Gasteiger partial charge on any atom is -0.483 e. The van der Waals surface area contributed by atoms with Crippen LogP contribution < -0.4 is 5.32 Å². The molecule has 0 aliphatic rings. The highest BCUT2D eigenvalue weighted by Crippen LogP contribution is 2.10. The number of nitrogens with one attached hydrogen (secondary N) is 1. The van der Waals surface area contributed by atoms with Gasteiger partial charge in [0.2, 0.25) is 0 Å². The van der Waals surface area contributed by atoms with Gasteiger partial charge in [-0.25, -0.2) is 4.39 Å². The maximum atomic E-state index is 13.2. The predicted octanol–water partition coefficient (Wildman–Crippen LogP) is 3.25. The number of carboxylic acid groups (broad SMARTS) is 1. The number of carbonyl (C=O) groups excluding carboxylic acids is 1. The Morgan fingerprint density at radius 1 is 1.30 bits per heavy atom. The molecule has 0 bridgehead atoms. The highest BCUT2D eigenvalue weighted by Gasteiger charge is 2.10. The molecule has 0 saturated carbocycles. The quantitative estimate of drug-likeness (QED) is 0.838. The first-order valence-corrected chi connectivity index (χ1v) is 6.66. The lowest BCUT2D eigenvalue weighted by Gasteiger charge is -2.05. The fraction of sp³-hybridized carbons (Fsp3) is 0.467. The fourth-order valence-corrected chi connectivity index (χ4v) is 1.22. The Labute approximate surface area is 120 Å². The summed E-state index contributed by atoms with van der Waals surface area (Å²) in [5, 5.41) is 9.46. The first kappa shape index (κ1) is 20.4. The van der Waals surface area contributed by atoms with Gasteiger partial charge in [0, 0.05) is 6.54 Å². The van der Waals surface area contributed by atoms with Crippen molar-refractivity contribution in [1.82, 2.24) is 5.32 Å². The third kappa shape index (κ3) is 9.08. The molecule has 5 heteroatoms. The van der Waals surface area contributed by atoms with E-state index in [2.05, 4.69) is 19.2 Å². The molecule has 0 heterocycles. The summed E-state index contributed by atoms with van der Waals surface area (Å²) in [6, 6.07) is 4.63. The van der Waals surface area contributed by atoms with Crippen LogP contribution in [-0.4, -0.2) is 24.0 Å². The number of rotatable bonds is 3. The van der Waals surface area contributed by atoms with Gasteiger partial charge in [-0.1, -0.05) is 33.3 Å². The first-order valence-electron chi connectivity index (χ1n) is 6.66. The van der Waals surface area contributed by atoms with E-state index in [0.717, 1.165) is 12.0 Å². The van der Waals surface area contributed by atoms with Gasteiger partial charge >= 0.3 is 0 Å². The van der Waals surface area contributed by atoms with E-state index in [9.17, 15) is 9.18 Å². The van der Waals surface area contributed by atoms with Crippen molar-refractivity contribution in [3.63, 3.8) is 0 Å². The van der Waals surface area contributed by atoms with E-state index in [-0.39, 0.29) is 17.9 Å². The Hall–Kier alpha value is -1.91. The minimum absolute atomic E-state index is 0.131. The summed E-state index contributed by atoms with van der Waals surface area (Å²) >= 11 is 0. The molecule has 0 saturated heterocycles. The third-order valence-electron chi connectivity index (χ3n) is 2.02. The van der Waals surface area contributed by atoms with Crippen molar-refractivity contribution in [2.24, 2.45) is 0 Å². The molecule has 1 amide bonds. The average Bonchev–Trinajstić information content (AvgIpc) is 2.41. The Morgan fingerprint density at radius 3 is 2.20 bits per heavy atom. The monoisotopic (exact) mass is 285 g/mol. The normalized spacial score (nSPS) is 8.45. The van der Waals surface area contributed by atoms with Crippen molar-refractivity contribution in [1.29, 1.82) is 0 Å². The minimum atomic E-state index is -0.465. The molecule has 1 rings (SSSR count). The molecule has 1 aromatic rings. The van der Waals surface area contributed by atoms with Gasteiger partial charge in [0.25, 0.3) is 12.4 Å². The SMILES string of the molecule is CCC.CCNC(=O)c1cc(CC)ccc1F.O=CO. The molecule has 0 atom stereocenters. The molecule has 114 valence electrons. The molecule has 0 radical (unpaired) electrons. The lowest BCUT2D eigenvalue weighted by molar-refractivity contribution is -0.122. The summed E-state index contributed by atoms with van der Waals surface area (Å²) in [7, 11) is 0. The summed E-state index contributed by atoms with van der Waals surface area (Å²) in [4.78, 5) is 19.7. The van der Waals surface area contributed by atoms with Crippen LogP contribution in [0.3, 0.4) is 0 Å². The molecule has 1 aromatic carbocycles. The van der Waals surface area contributed by atoms with Crippen molar-refractivity contribution in [2.75, 3.05) is 6.54 Å². The molecule has 4 nitrogen and oxygen atoms in total. The molecule has 0 unspecified atom stereocenters. The first-order chi connectivity index (χ1) is 9.51. The zero-order valence-corrected chi connectivity index (χ0v) is 12.6. The van der Waals surface area contributed by atoms with E-state index in [1.165, 1.54) is 12.5 Å². The van der Waals surface area contributed by atoms with E-state index in [1.54, 1.807) is 19.1 Å². The standard InChI is InChI=1S/C11H14FNO.C3H8.CH2O2/c1-3-8-5-6-10(12)9(7-8)11(14)13-4-2;1-3-2;2-1-3/h5-7H,3-4H2,1-2H3,(H,13,14);3H2,1-2H3;1H,(H,2,3). The van der Waals surface area contributed by atoms with Crippen LogP contribution in [0.2, 0.25) is 0 Å². The van der Waals surface area contributed by atoms with Crippen molar-refractivity contribution in [3.05, 3.63) is 35.1 Å². The summed E-state index contributed by atoms with van der Waals surface area (Å²) < 4.78 is 13.2. The molecule has 0 aromatic heterocycles. The second-order valence-electron chi connectivity index (χ2n) is 3.84. The van der Waals surface area contributed by atoms with Crippen LogP contribution in [0, 0.1) is 5.82 Å². The van der Waals surface area contributed by atoms with Gasteiger partial charge in [0.05, 0.1) is 5.56 Å². The van der Waals surface area contributed by atoms with Crippen LogP contribution in [-0.2, 0) is 11.2 Å². The summed E-state index contributed by atoms with van der Waals surface area (Å²) in [5.74, 6) is -0.812. The van der Waals surface area contributed by atoms with Crippen LogP contribution in [0.1, 0.15) is 50.0 Å². The number of hydrogen-bond donors (Lipinski definition) is 2. The highest BCUT2D eigenvalue weighted by atomic mass is 19.1.